The van der Waals surface area contributed by atoms with Crippen LogP contribution >= 0.6 is 0 Å². The Morgan fingerprint density at radius 2 is 2.21 bits per heavy atom. The van der Waals surface area contributed by atoms with Crippen LogP contribution in [-0.2, 0) is 11.2 Å². The molecule has 1 atom stereocenters. The Balaban J connectivity index is 1.94. The molecular formula is C14H17F2N2O. The second-order valence-corrected chi connectivity index (χ2v) is 4.78. The Labute approximate surface area is 111 Å². The molecule has 1 aliphatic rings. The Morgan fingerprint density at radius 1 is 1.37 bits per heavy atom. The van der Waals surface area contributed by atoms with Crippen LogP contribution in [0.5, 0.6) is 0 Å². The SMILES string of the molecule is O=[C]NC1CCCCN1CCc1ccc(F)cc1F. The van der Waals surface area contributed by atoms with Crippen LogP contribution in [0.4, 0.5) is 8.78 Å². The summed E-state index contributed by atoms with van der Waals surface area (Å²) in [6.45, 7) is 1.52. The van der Waals surface area contributed by atoms with Gasteiger partial charge in [0, 0.05) is 19.2 Å². The first-order valence-electron chi connectivity index (χ1n) is 6.51. The van der Waals surface area contributed by atoms with Crippen LogP contribution < -0.4 is 5.32 Å². The number of rotatable bonds is 5. The lowest BCUT2D eigenvalue weighted by Crippen LogP contribution is -2.48. The number of likely N-dealkylation sites (tertiary alicyclic amines) is 1. The summed E-state index contributed by atoms with van der Waals surface area (Å²) in [4.78, 5) is 12.5. The van der Waals surface area contributed by atoms with Crippen molar-refractivity contribution in [2.45, 2.75) is 31.8 Å². The normalized spacial score (nSPS) is 20.2. The number of benzene rings is 1. The third kappa shape index (κ3) is 3.73. The summed E-state index contributed by atoms with van der Waals surface area (Å²) >= 11 is 0. The molecule has 0 saturated carbocycles. The molecule has 103 valence electrons. The molecule has 1 aliphatic heterocycles. The van der Waals surface area contributed by atoms with Gasteiger partial charge in [0.2, 0.25) is 0 Å². The van der Waals surface area contributed by atoms with Crippen LogP contribution in [0.25, 0.3) is 0 Å². The van der Waals surface area contributed by atoms with E-state index in [0.717, 1.165) is 31.9 Å². The Kier molecular flexibility index (Phi) is 4.85. The van der Waals surface area contributed by atoms with Crippen molar-refractivity contribution in [3.8, 4) is 0 Å². The molecule has 1 radical (unpaired) electrons. The van der Waals surface area contributed by atoms with Crippen molar-refractivity contribution in [2.75, 3.05) is 13.1 Å². The first kappa shape index (κ1) is 13.9. The number of amides is 1. The van der Waals surface area contributed by atoms with E-state index in [-0.39, 0.29) is 6.17 Å². The number of carbonyl (C=O) groups excluding carboxylic acids is 1. The van der Waals surface area contributed by atoms with Gasteiger partial charge in [0.05, 0.1) is 6.17 Å². The maximum Gasteiger partial charge on any atom is 0.310 e. The van der Waals surface area contributed by atoms with E-state index < -0.39 is 11.6 Å². The minimum atomic E-state index is -0.561. The number of hydrogen-bond donors (Lipinski definition) is 1. The van der Waals surface area contributed by atoms with Gasteiger partial charge in [-0.05, 0) is 37.3 Å². The van der Waals surface area contributed by atoms with Crippen LogP contribution in [0, 0.1) is 11.6 Å². The topological polar surface area (TPSA) is 32.3 Å². The van der Waals surface area contributed by atoms with Crippen molar-refractivity contribution < 1.29 is 13.6 Å². The largest absolute Gasteiger partial charge is 0.332 e. The van der Waals surface area contributed by atoms with E-state index >= 15 is 0 Å². The third-order valence-corrected chi connectivity index (χ3v) is 3.52. The average Bonchev–Trinajstić information content (AvgIpc) is 2.40. The summed E-state index contributed by atoms with van der Waals surface area (Å²) in [5.74, 6) is -1.07. The molecule has 1 saturated heterocycles. The second kappa shape index (κ2) is 6.61. The smallest absolute Gasteiger partial charge is 0.310 e. The lowest BCUT2D eigenvalue weighted by Gasteiger charge is -2.34. The first-order chi connectivity index (χ1) is 9.20. The maximum absolute atomic E-state index is 13.5. The van der Waals surface area contributed by atoms with E-state index in [1.165, 1.54) is 12.1 Å². The van der Waals surface area contributed by atoms with Gasteiger partial charge in [0.25, 0.3) is 0 Å². The standard InChI is InChI=1S/C14H17F2N2O/c15-12-5-4-11(13(16)9-12)6-8-18-7-2-1-3-14(18)17-10-19/h4-5,9,14H,1-3,6-8H2,(H,17,19). The Bertz CT molecular complexity index is 439. The molecule has 19 heavy (non-hydrogen) atoms. The van der Waals surface area contributed by atoms with E-state index in [0.29, 0.717) is 18.5 Å². The van der Waals surface area contributed by atoms with Crippen molar-refractivity contribution in [3.63, 3.8) is 0 Å². The molecule has 0 aliphatic carbocycles. The molecule has 1 heterocycles. The number of nitrogens with one attached hydrogen (secondary N) is 1. The predicted molar refractivity (Wildman–Crippen MR) is 68.1 cm³/mol. The van der Waals surface area contributed by atoms with Crippen molar-refractivity contribution >= 4 is 6.41 Å². The molecule has 0 bridgehead atoms. The summed E-state index contributed by atoms with van der Waals surface area (Å²) in [5, 5.41) is 2.66. The Hall–Kier alpha value is -1.49. The molecule has 1 fully saturated rings. The zero-order chi connectivity index (χ0) is 13.7. The van der Waals surface area contributed by atoms with Crippen molar-refractivity contribution in [2.24, 2.45) is 0 Å². The van der Waals surface area contributed by atoms with E-state index in [1.807, 2.05) is 0 Å². The minimum Gasteiger partial charge on any atom is -0.332 e. The maximum atomic E-state index is 13.5. The quantitative estimate of drug-likeness (QED) is 0.827. The fourth-order valence-corrected chi connectivity index (χ4v) is 2.48. The summed E-state index contributed by atoms with van der Waals surface area (Å²) < 4.78 is 26.3. The van der Waals surface area contributed by atoms with Gasteiger partial charge in [0.1, 0.15) is 11.6 Å². The van der Waals surface area contributed by atoms with Crippen molar-refractivity contribution in [1.82, 2.24) is 10.2 Å². The number of halogens is 2. The van der Waals surface area contributed by atoms with Crippen molar-refractivity contribution in [1.29, 1.82) is 0 Å². The highest BCUT2D eigenvalue weighted by Gasteiger charge is 2.21. The number of hydrogen-bond acceptors (Lipinski definition) is 2. The molecule has 1 amide bonds. The molecule has 5 heteroatoms. The number of nitrogens with zero attached hydrogens (tertiary/aromatic N) is 1. The van der Waals surface area contributed by atoms with Crippen LogP contribution in [-0.4, -0.2) is 30.6 Å². The molecule has 1 aromatic rings. The van der Waals surface area contributed by atoms with Crippen LogP contribution in [0.15, 0.2) is 18.2 Å². The van der Waals surface area contributed by atoms with Crippen LogP contribution in [0.2, 0.25) is 0 Å². The molecule has 2 rings (SSSR count). The predicted octanol–water partition coefficient (Wildman–Crippen LogP) is 1.98. The van der Waals surface area contributed by atoms with Gasteiger partial charge in [-0.15, -0.1) is 0 Å². The summed E-state index contributed by atoms with van der Waals surface area (Å²) in [6, 6.07) is 3.65. The molecule has 1 aromatic carbocycles. The molecule has 1 unspecified atom stereocenters. The fourth-order valence-electron chi connectivity index (χ4n) is 2.48. The van der Waals surface area contributed by atoms with Crippen LogP contribution in [0.1, 0.15) is 24.8 Å². The highest BCUT2D eigenvalue weighted by molar-refractivity contribution is 5.47. The van der Waals surface area contributed by atoms with Crippen molar-refractivity contribution in [3.05, 3.63) is 35.4 Å². The van der Waals surface area contributed by atoms with Gasteiger partial charge in [-0.2, -0.15) is 0 Å². The lowest BCUT2D eigenvalue weighted by molar-refractivity contribution is 0.137. The summed E-state index contributed by atoms with van der Waals surface area (Å²) in [5.41, 5.74) is 0.501. The van der Waals surface area contributed by atoms with Gasteiger partial charge in [-0.25, -0.2) is 8.78 Å². The molecular weight excluding hydrogens is 250 g/mol. The zero-order valence-corrected chi connectivity index (χ0v) is 10.7. The highest BCUT2D eigenvalue weighted by Crippen LogP contribution is 2.16. The van der Waals surface area contributed by atoms with Gasteiger partial charge in [-0.3, -0.25) is 9.69 Å². The second-order valence-electron chi connectivity index (χ2n) is 4.78. The third-order valence-electron chi connectivity index (χ3n) is 3.52. The van der Waals surface area contributed by atoms with Crippen LogP contribution in [0.3, 0.4) is 0 Å². The van der Waals surface area contributed by atoms with E-state index in [9.17, 15) is 13.6 Å². The van der Waals surface area contributed by atoms with Gasteiger partial charge < -0.3 is 5.32 Å². The first-order valence-corrected chi connectivity index (χ1v) is 6.51. The minimum absolute atomic E-state index is 0.0187. The molecule has 3 nitrogen and oxygen atoms in total. The fraction of sp³-hybridized carbons (Fsp3) is 0.500. The van der Waals surface area contributed by atoms with Gasteiger partial charge in [-0.1, -0.05) is 6.07 Å². The van der Waals surface area contributed by atoms with E-state index in [1.54, 1.807) is 6.41 Å². The highest BCUT2D eigenvalue weighted by atomic mass is 19.1. The lowest BCUT2D eigenvalue weighted by atomic mass is 10.1. The summed E-state index contributed by atoms with van der Waals surface area (Å²) in [6.07, 6.45) is 5.24. The monoisotopic (exact) mass is 267 g/mol. The van der Waals surface area contributed by atoms with Gasteiger partial charge in [0.15, 0.2) is 0 Å². The van der Waals surface area contributed by atoms with Gasteiger partial charge >= 0.3 is 6.41 Å². The Morgan fingerprint density at radius 3 is 2.95 bits per heavy atom. The zero-order valence-electron chi connectivity index (χ0n) is 10.7. The van der Waals surface area contributed by atoms with E-state index in [4.69, 9.17) is 0 Å². The van der Waals surface area contributed by atoms with E-state index in [2.05, 4.69) is 10.2 Å². The average molecular weight is 267 g/mol. The number of piperidine rings is 1. The molecule has 0 aromatic heterocycles. The summed E-state index contributed by atoms with van der Waals surface area (Å²) in [7, 11) is 0. The molecule has 0 spiro atoms. The molecule has 1 N–H and O–H groups in total.